The van der Waals surface area contributed by atoms with Crippen LogP contribution in [0.5, 0.6) is 0 Å². The molecule has 5 nitrogen and oxygen atoms in total. The maximum absolute atomic E-state index is 13.2. The van der Waals surface area contributed by atoms with Crippen LogP contribution in [0.25, 0.3) is 0 Å². The third-order valence-corrected chi connectivity index (χ3v) is 4.16. The first-order valence-electron chi connectivity index (χ1n) is 5.95. The van der Waals surface area contributed by atoms with E-state index in [1.807, 2.05) is 6.07 Å². The van der Waals surface area contributed by atoms with Crippen molar-refractivity contribution < 1.29 is 14.3 Å². The summed E-state index contributed by atoms with van der Waals surface area (Å²) in [6.07, 6.45) is 1.07. The maximum atomic E-state index is 13.2. The largest absolute Gasteiger partial charge is 0.510 e. The van der Waals surface area contributed by atoms with Gasteiger partial charge < -0.3 is 10.4 Å². The average Bonchev–Trinajstić information content (AvgIpc) is 2.76. The number of fused-ring (bicyclic) bond motifs is 1. The van der Waals surface area contributed by atoms with Gasteiger partial charge in [0, 0.05) is 6.08 Å². The second-order valence-corrected chi connectivity index (χ2v) is 5.45. The van der Waals surface area contributed by atoms with Crippen LogP contribution < -0.4 is 5.32 Å². The van der Waals surface area contributed by atoms with Crippen LogP contribution in [0.3, 0.4) is 0 Å². The quantitative estimate of drug-likeness (QED) is 0.833. The Hall–Kier alpha value is -2.59. The normalized spacial score (nSPS) is 22.7. The van der Waals surface area contributed by atoms with Gasteiger partial charge in [0.15, 0.2) is 0 Å². The first kappa shape index (κ1) is 13.4. The highest BCUT2D eigenvalue weighted by atomic mass is 32.2. The number of carbonyl (C=O) groups is 1. The van der Waals surface area contributed by atoms with Gasteiger partial charge in [0.2, 0.25) is 0 Å². The Morgan fingerprint density at radius 3 is 3.00 bits per heavy atom. The van der Waals surface area contributed by atoms with Crippen molar-refractivity contribution in [2.75, 3.05) is 0 Å². The lowest BCUT2D eigenvalue weighted by molar-refractivity contribution is -0.116. The van der Waals surface area contributed by atoms with E-state index in [9.17, 15) is 19.6 Å². The van der Waals surface area contributed by atoms with E-state index >= 15 is 0 Å². The number of hydrogen-bond donors (Lipinski definition) is 2. The summed E-state index contributed by atoms with van der Waals surface area (Å²) >= 11 is 1.14. The van der Waals surface area contributed by atoms with Crippen LogP contribution in [0.4, 0.5) is 10.1 Å². The van der Waals surface area contributed by atoms with E-state index in [-0.39, 0.29) is 11.3 Å². The molecule has 0 saturated heterocycles. The van der Waals surface area contributed by atoms with Crippen molar-refractivity contribution in [1.82, 2.24) is 5.32 Å². The summed E-state index contributed by atoms with van der Waals surface area (Å²) < 4.78 is 13.2. The lowest BCUT2D eigenvalue weighted by Gasteiger charge is -2.17. The molecule has 2 aliphatic rings. The number of nitriles is 1. The van der Waals surface area contributed by atoms with E-state index in [1.165, 1.54) is 18.2 Å². The van der Waals surface area contributed by atoms with Crippen LogP contribution in [0.1, 0.15) is 0 Å². The summed E-state index contributed by atoms with van der Waals surface area (Å²) in [6, 6.07) is 7.62. The zero-order valence-electron chi connectivity index (χ0n) is 10.5. The fourth-order valence-corrected chi connectivity index (χ4v) is 3.18. The Morgan fingerprint density at radius 2 is 2.29 bits per heavy atom. The number of aliphatic imine (C=N–C) groups is 1. The third-order valence-electron chi connectivity index (χ3n) is 2.93. The van der Waals surface area contributed by atoms with E-state index < -0.39 is 17.0 Å². The van der Waals surface area contributed by atoms with Gasteiger partial charge in [-0.25, -0.2) is 9.38 Å². The van der Waals surface area contributed by atoms with Crippen molar-refractivity contribution in [1.29, 1.82) is 5.26 Å². The van der Waals surface area contributed by atoms with Gasteiger partial charge in [-0.1, -0.05) is 17.8 Å². The standard InChI is InChI=1S/C14H8FN3O2S/c15-7-2-1-3-8(4-7)17-14-9(6-16)12-13(21-14)10(19)5-11(20)18-12/h1-5,13,19H,(H,18,20). The molecular weight excluding hydrogens is 293 g/mol. The van der Waals surface area contributed by atoms with Crippen LogP contribution in [-0.2, 0) is 4.79 Å². The molecular formula is C14H8FN3O2S. The van der Waals surface area contributed by atoms with Crippen LogP contribution >= 0.6 is 11.8 Å². The minimum Gasteiger partial charge on any atom is -0.510 e. The molecule has 1 aromatic carbocycles. The topological polar surface area (TPSA) is 85.5 Å². The van der Waals surface area contributed by atoms with Gasteiger partial charge in [-0.2, -0.15) is 5.26 Å². The summed E-state index contributed by atoms with van der Waals surface area (Å²) in [5.41, 5.74) is 0.865. The van der Waals surface area contributed by atoms with Crippen molar-refractivity contribution in [3.8, 4) is 6.07 Å². The second kappa shape index (κ2) is 5.07. The molecule has 0 saturated carbocycles. The molecule has 0 aliphatic carbocycles. The molecule has 1 amide bonds. The number of amides is 1. The highest BCUT2D eigenvalue weighted by molar-refractivity contribution is 8.15. The Balaban J connectivity index is 2.05. The Morgan fingerprint density at radius 1 is 1.48 bits per heavy atom. The predicted molar refractivity (Wildman–Crippen MR) is 76.4 cm³/mol. The minimum atomic E-state index is -0.551. The molecule has 0 fully saturated rings. The lowest BCUT2D eigenvalue weighted by Crippen LogP contribution is -2.32. The first-order valence-corrected chi connectivity index (χ1v) is 6.83. The molecule has 2 aliphatic heterocycles. The molecule has 3 rings (SSSR count). The number of thioether (sulfide) groups is 1. The molecule has 7 heteroatoms. The number of benzene rings is 1. The number of hydrogen-bond acceptors (Lipinski definition) is 5. The summed E-state index contributed by atoms with van der Waals surface area (Å²) in [5.74, 6) is -1.05. The Bertz CT molecular complexity index is 777. The number of halogens is 1. The molecule has 21 heavy (non-hydrogen) atoms. The average molecular weight is 301 g/mol. The van der Waals surface area contributed by atoms with E-state index in [0.29, 0.717) is 16.4 Å². The van der Waals surface area contributed by atoms with Gasteiger partial charge in [-0.05, 0) is 18.2 Å². The first-order chi connectivity index (χ1) is 10.1. The SMILES string of the molecule is N#CC1=C2NC(=O)C=C(O)C2SC1=Nc1cccc(F)c1. The van der Waals surface area contributed by atoms with Gasteiger partial charge in [-0.3, -0.25) is 4.79 Å². The van der Waals surface area contributed by atoms with Gasteiger partial charge in [-0.15, -0.1) is 0 Å². The van der Waals surface area contributed by atoms with Crippen LogP contribution in [0.2, 0.25) is 0 Å². The molecule has 1 aromatic rings. The summed E-state index contributed by atoms with van der Waals surface area (Å²) in [7, 11) is 0. The minimum absolute atomic E-state index is 0.129. The van der Waals surface area contributed by atoms with Crippen LogP contribution in [0.15, 0.2) is 52.4 Å². The highest BCUT2D eigenvalue weighted by Gasteiger charge is 2.38. The molecule has 2 heterocycles. The zero-order valence-corrected chi connectivity index (χ0v) is 11.3. The second-order valence-electron chi connectivity index (χ2n) is 4.35. The molecule has 0 spiro atoms. The lowest BCUT2D eigenvalue weighted by atomic mass is 10.1. The molecule has 1 atom stereocenters. The van der Waals surface area contributed by atoms with Crippen molar-refractivity contribution in [2.45, 2.75) is 5.25 Å². The van der Waals surface area contributed by atoms with E-state index in [0.717, 1.165) is 17.8 Å². The maximum Gasteiger partial charge on any atom is 0.251 e. The monoisotopic (exact) mass is 301 g/mol. The van der Waals surface area contributed by atoms with Crippen molar-refractivity contribution in [2.24, 2.45) is 4.99 Å². The van der Waals surface area contributed by atoms with Crippen LogP contribution in [-0.4, -0.2) is 21.3 Å². The molecule has 0 aromatic heterocycles. The van der Waals surface area contributed by atoms with E-state index in [1.54, 1.807) is 6.07 Å². The zero-order chi connectivity index (χ0) is 15.0. The molecule has 2 N–H and O–H groups in total. The van der Waals surface area contributed by atoms with Crippen molar-refractivity contribution in [3.63, 3.8) is 0 Å². The molecule has 1 unspecified atom stereocenters. The van der Waals surface area contributed by atoms with Gasteiger partial charge >= 0.3 is 0 Å². The number of aliphatic hydroxyl groups excluding tert-OH is 1. The summed E-state index contributed by atoms with van der Waals surface area (Å²) in [4.78, 5) is 15.6. The number of rotatable bonds is 1. The van der Waals surface area contributed by atoms with Gasteiger partial charge in [0.05, 0.1) is 11.4 Å². The fraction of sp³-hybridized carbons (Fsp3) is 0.0714. The number of nitrogens with one attached hydrogen (secondary N) is 1. The van der Waals surface area contributed by atoms with Crippen molar-refractivity contribution in [3.05, 3.63) is 53.2 Å². The highest BCUT2D eigenvalue weighted by Crippen LogP contribution is 2.39. The van der Waals surface area contributed by atoms with E-state index in [4.69, 9.17) is 0 Å². The Kier molecular flexibility index (Phi) is 3.23. The molecule has 0 bridgehead atoms. The number of carbonyl (C=O) groups excluding carboxylic acids is 1. The number of aliphatic hydroxyl groups is 1. The fourth-order valence-electron chi connectivity index (χ4n) is 2.04. The number of nitrogens with zero attached hydrogens (tertiary/aromatic N) is 2. The third kappa shape index (κ3) is 2.41. The summed E-state index contributed by atoms with van der Waals surface area (Å²) in [6.45, 7) is 0. The van der Waals surface area contributed by atoms with E-state index in [2.05, 4.69) is 10.3 Å². The Labute approximate surface area is 123 Å². The summed E-state index contributed by atoms with van der Waals surface area (Å²) in [5, 5.41) is 21.4. The van der Waals surface area contributed by atoms with Crippen LogP contribution in [0, 0.1) is 17.1 Å². The van der Waals surface area contributed by atoms with Gasteiger partial charge in [0.1, 0.15) is 33.5 Å². The molecule has 0 radical (unpaired) electrons. The predicted octanol–water partition coefficient (Wildman–Crippen LogP) is 2.32. The molecule has 104 valence electrons. The van der Waals surface area contributed by atoms with Crippen molar-refractivity contribution >= 4 is 28.4 Å². The van der Waals surface area contributed by atoms with Gasteiger partial charge in [0.25, 0.3) is 5.91 Å². The smallest absolute Gasteiger partial charge is 0.251 e.